The van der Waals surface area contributed by atoms with Crippen molar-refractivity contribution in [3.05, 3.63) is 108 Å². The Kier molecular flexibility index (Phi) is 3.11. The molecule has 2 aliphatic rings. The summed E-state index contributed by atoms with van der Waals surface area (Å²) < 4.78 is 2.19. The molecule has 0 spiro atoms. The van der Waals surface area contributed by atoms with Gasteiger partial charge in [0, 0.05) is 23.2 Å². The van der Waals surface area contributed by atoms with E-state index in [1.165, 1.54) is 60.7 Å². The van der Waals surface area contributed by atoms with Crippen molar-refractivity contribution in [1.82, 2.24) is 19.4 Å². The van der Waals surface area contributed by atoms with Crippen LogP contribution in [0.5, 0.6) is 0 Å². The van der Waals surface area contributed by atoms with Crippen molar-refractivity contribution in [2.24, 2.45) is 0 Å². The summed E-state index contributed by atoms with van der Waals surface area (Å²) in [4.78, 5) is 14.2. The third-order valence-corrected chi connectivity index (χ3v) is 7.96. The molecule has 7 aromatic rings. The summed E-state index contributed by atoms with van der Waals surface area (Å²) in [6.45, 7) is 0. The lowest BCUT2D eigenvalue weighted by Crippen LogP contribution is -1.96. The standard InChI is InChI=1S/C31H18N4/c1-2-5-20-17(4-1)12-18-13-19-14-26-21(25(19)15-24(18)20)7-8-23-22-9-11-32-16-28(22)35-30-27(6-3-10-33-30)34-31(35)29(23)26/h1-11,13,15-16H,12,14H2. The lowest BCUT2D eigenvalue weighted by atomic mass is 9.96. The first-order chi connectivity index (χ1) is 17.3. The predicted octanol–water partition coefficient (Wildman–Crippen LogP) is 6.73. The molecule has 0 saturated carbocycles. The van der Waals surface area contributed by atoms with Crippen molar-refractivity contribution in [2.45, 2.75) is 12.8 Å². The summed E-state index contributed by atoms with van der Waals surface area (Å²) in [6, 6.07) is 24.4. The van der Waals surface area contributed by atoms with Crippen molar-refractivity contribution < 1.29 is 0 Å². The maximum absolute atomic E-state index is 5.10. The highest BCUT2D eigenvalue weighted by Gasteiger charge is 2.28. The second-order valence-electron chi connectivity index (χ2n) is 9.70. The van der Waals surface area contributed by atoms with Crippen LogP contribution in [0.25, 0.3) is 60.7 Å². The van der Waals surface area contributed by atoms with Crippen LogP contribution in [-0.4, -0.2) is 19.4 Å². The normalized spacial score (nSPS) is 13.5. The molecule has 4 heteroatoms. The first kappa shape index (κ1) is 17.8. The average Bonchev–Trinajstić information content (AvgIpc) is 3.58. The predicted molar refractivity (Wildman–Crippen MR) is 140 cm³/mol. The van der Waals surface area contributed by atoms with Gasteiger partial charge < -0.3 is 0 Å². The largest absolute Gasteiger partial charge is 0.274 e. The van der Waals surface area contributed by atoms with Crippen LogP contribution in [0, 0.1) is 0 Å². The number of nitrogens with zero attached hydrogens (tertiary/aromatic N) is 4. The van der Waals surface area contributed by atoms with E-state index in [1.807, 2.05) is 30.7 Å². The summed E-state index contributed by atoms with van der Waals surface area (Å²) in [5, 5.41) is 3.65. The lowest BCUT2D eigenvalue weighted by Gasteiger charge is -2.12. The van der Waals surface area contributed by atoms with Gasteiger partial charge >= 0.3 is 0 Å². The minimum Gasteiger partial charge on any atom is -0.274 e. The Morgan fingerprint density at radius 2 is 1.57 bits per heavy atom. The molecule has 162 valence electrons. The molecule has 0 amide bonds. The molecule has 0 unspecified atom stereocenters. The minimum absolute atomic E-state index is 0.881. The lowest BCUT2D eigenvalue weighted by molar-refractivity contribution is 1.21. The van der Waals surface area contributed by atoms with Crippen molar-refractivity contribution in [3.8, 4) is 22.3 Å². The van der Waals surface area contributed by atoms with Crippen LogP contribution in [0.4, 0.5) is 0 Å². The number of aromatic nitrogens is 4. The summed E-state index contributed by atoms with van der Waals surface area (Å²) >= 11 is 0. The van der Waals surface area contributed by atoms with Gasteiger partial charge in [-0.15, -0.1) is 0 Å². The van der Waals surface area contributed by atoms with Crippen LogP contribution >= 0.6 is 0 Å². The summed E-state index contributed by atoms with van der Waals surface area (Å²) in [7, 11) is 0. The second kappa shape index (κ2) is 6.10. The third-order valence-electron chi connectivity index (χ3n) is 7.96. The first-order valence-corrected chi connectivity index (χ1v) is 12.0. The van der Waals surface area contributed by atoms with Gasteiger partial charge in [0.1, 0.15) is 11.2 Å². The van der Waals surface area contributed by atoms with E-state index in [4.69, 9.17) is 9.97 Å². The van der Waals surface area contributed by atoms with E-state index in [9.17, 15) is 0 Å². The average molecular weight is 447 g/mol. The number of imidazole rings is 1. The van der Waals surface area contributed by atoms with Gasteiger partial charge in [-0.3, -0.25) is 9.38 Å². The van der Waals surface area contributed by atoms with Gasteiger partial charge in [0.25, 0.3) is 0 Å². The Morgan fingerprint density at radius 1 is 0.657 bits per heavy atom. The van der Waals surface area contributed by atoms with E-state index in [0.29, 0.717) is 0 Å². The molecule has 4 heterocycles. The van der Waals surface area contributed by atoms with Gasteiger partial charge in [-0.2, -0.15) is 0 Å². The number of rotatable bonds is 0. The SMILES string of the molecule is c1ccc2c(c1)Cc1cc3c(cc1-2)-c1ccc2c4ccncc4n4c5ncccc5nc4c2c1C3. The zero-order chi connectivity index (χ0) is 22.7. The molecule has 9 rings (SSSR count). The van der Waals surface area contributed by atoms with Crippen molar-refractivity contribution >= 4 is 38.5 Å². The molecule has 0 aliphatic heterocycles. The molecule has 0 N–H and O–H groups in total. The van der Waals surface area contributed by atoms with Crippen LogP contribution in [0.15, 0.2) is 85.3 Å². The van der Waals surface area contributed by atoms with Gasteiger partial charge in [0.15, 0.2) is 5.65 Å². The van der Waals surface area contributed by atoms with Gasteiger partial charge in [-0.25, -0.2) is 9.97 Å². The van der Waals surface area contributed by atoms with Gasteiger partial charge in [0.2, 0.25) is 0 Å². The maximum Gasteiger partial charge on any atom is 0.165 e. The molecule has 0 fully saturated rings. The molecular formula is C31H18N4. The van der Waals surface area contributed by atoms with Gasteiger partial charge in [-0.05, 0) is 87.0 Å². The molecule has 3 aromatic carbocycles. The molecule has 0 atom stereocenters. The highest BCUT2D eigenvalue weighted by molar-refractivity contribution is 6.16. The maximum atomic E-state index is 5.10. The number of hydrogen-bond donors (Lipinski definition) is 0. The van der Waals surface area contributed by atoms with Crippen LogP contribution in [-0.2, 0) is 12.8 Å². The molecule has 0 saturated heterocycles. The zero-order valence-electron chi connectivity index (χ0n) is 18.8. The summed E-state index contributed by atoms with van der Waals surface area (Å²) in [5.74, 6) is 0. The quantitative estimate of drug-likeness (QED) is 0.243. The van der Waals surface area contributed by atoms with Crippen molar-refractivity contribution in [1.29, 1.82) is 0 Å². The number of fused-ring (bicyclic) bond motifs is 15. The van der Waals surface area contributed by atoms with Crippen LogP contribution in [0.1, 0.15) is 22.3 Å². The fourth-order valence-corrected chi connectivity index (χ4v) is 6.49. The first-order valence-electron chi connectivity index (χ1n) is 12.0. The Hall–Kier alpha value is -4.57. The monoisotopic (exact) mass is 446 g/mol. The fraction of sp³-hybridized carbons (Fsp3) is 0.0645. The van der Waals surface area contributed by atoms with Crippen molar-refractivity contribution in [3.63, 3.8) is 0 Å². The summed E-state index contributed by atoms with van der Waals surface area (Å²) in [6.07, 6.45) is 7.60. The van der Waals surface area contributed by atoms with Crippen LogP contribution < -0.4 is 0 Å². The summed E-state index contributed by atoms with van der Waals surface area (Å²) in [5.41, 5.74) is 14.9. The Bertz CT molecular complexity index is 2070. The molecule has 4 nitrogen and oxygen atoms in total. The van der Waals surface area contributed by atoms with E-state index < -0.39 is 0 Å². The third kappa shape index (κ3) is 2.15. The molecule has 0 radical (unpaired) electrons. The Balaban J connectivity index is 1.41. The van der Waals surface area contributed by atoms with E-state index in [2.05, 4.69) is 64.0 Å². The molecule has 35 heavy (non-hydrogen) atoms. The topological polar surface area (TPSA) is 43.1 Å². The van der Waals surface area contributed by atoms with Crippen LogP contribution in [0.2, 0.25) is 0 Å². The molecule has 0 bridgehead atoms. The Morgan fingerprint density at radius 3 is 2.57 bits per heavy atom. The minimum atomic E-state index is 0.881. The van der Waals surface area contributed by atoms with E-state index in [0.717, 1.165) is 35.2 Å². The van der Waals surface area contributed by atoms with E-state index >= 15 is 0 Å². The highest BCUT2D eigenvalue weighted by atomic mass is 15.1. The number of benzene rings is 3. The number of hydrogen-bond acceptors (Lipinski definition) is 3. The Labute approximate surface area is 200 Å². The van der Waals surface area contributed by atoms with E-state index in [1.54, 1.807) is 0 Å². The highest BCUT2D eigenvalue weighted by Crippen LogP contribution is 2.47. The van der Waals surface area contributed by atoms with Crippen molar-refractivity contribution in [2.75, 3.05) is 0 Å². The fourth-order valence-electron chi connectivity index (χ4n) is 6.49. The molecular weight excluding hydrogens is 428 g/mol. The molecule has 2 aliphatic carbocycles. The zero-order valence-corrected chi connectivity index (χ0v) is 18.8. The second-order valence-corrected chi connectivity index (χ2v) is 9.70. The van der Waals surface area contributed by atoms with Gasteiger partial charge in [0.05, 0.1) is 11.7 Å². The smallest absolute Gasteiger partial charge is 0.165 e. The molecule has 4 aromatic heterocycles. The van der Waals surface area contributed by atoms with Gasteiger partial charge in [-0.1, -0.05) is 42.5 Å². The number of pyridine rings is 3. The van der Waals surface area contributed by atoms with Crippen LogP contribution in [0.3, 0.4) is 0 Å². The van der Waals surface area contributed by atoms with E-state index in [-0.39, 0.29) is 0 Å².